The molecule has 1 aromatic carbocycles. The maximum atomic E-state index is 12.3. The fourth-order valence-corrected chi connectivity index (χ4v) is 3.72. The molecule has 1 aliphatic rings. The highest BCUT2D eigenvalue weighted by Gasteiger charge is 2.22. The molecule has 1 N–H and O–H groups in total. The average Bonchev–Trinajstić information content (AvgIpc) is 2.94. The Hall–Kier alpha value is -2.24. The van der Waals surface area contributed by atoms with E-state index in [-0.39, 0.29) is 18.2 Å². The van der Waals surface area contributed by atoms with E-state index in [1.165, 1.54) is 25.7 Å². The van der Waals surface area contributed by atoms with E-state index in [1.807, 2.05) is 17.0 Å². The first kappa shape index (κ1) is 21.1. The molecule has 0 bridgehead atoms. The molecule has 150 valence electrons. The van der Waals surface area contributed by atoms with Crippen LogP contribution in [0.25, 0.3) is 0 Å². The number of carbonyl (C=O) groups excluding carboxylic acids is 2. The van der Waals surface area contributed by atoms with Crippen molar-refractivity contribution >= 4 is 11.8 Å². The van der Waals surface area contributed by atoms with Gasteiger partial charge in [-0.15, -0.1) is 0 Å². The summed E-state index contributed by atoms with van der Waals surface area (Å²) in [5, 5.41) is 2.93. The minimum absolute atomic E-state index is 0.0633. The van der Waals surface area contributed by atoms with Crippen molar-refractivity contribution in [3.05, 3.63) is 23.8 Å². The van der Waals surface area contributed by atoms with Crippen LogP contribution in [-0.2, 0) is 16.0 Å². The van der Waals surface area contributed by atoms with Gasteiger partial charge in [-0.2, -0.15) is 0 Å². The summed E-state index contributed by atoms with van der Waals surface area (Å²) in [5.41, 5.74) is 0.859. The number of rotatable bonds is 8. The largest absolute Gasteiger partial charge is 0.493 e. The molecule has 2 rings (SSSR count). The van der Waals surface area contributed by atoms with Gasteiger partial charge in [-0.1, -0.05) is 31.7 Å². The normalized spacial score (nSPS) is 14.9. The smallest absolute Gasteiger partial charge is 0.224 e. The number of carbonyl (C=O) groups is 2. The van der Waals surface area contributed by atoms with E-state index in [1.54, 1.807) is 27.2 Å². The highest BCUT2D eigenvalue weighted by molar-refractivity contribution is 5.79. The molecule has 0 aromatic heterocycles. The van der Waals surface area contributed by atoms with Crippen LogP contribution in [0.5, 0.6) is 11.5 Å². The molecule has 0 spiro atoms. The van der Waals surface area contributed by atoms with Gasteiger partial charge in [-0.25, -0.2) is 0 Å². The number of ether oxygens (including phenoxy) is 2. The molecule has 0 atom stereocenters. The van der Waals surface area contributed by atoms with Gasteiger partial charge in [0.2, 0.25) is 11.8 Å². The summed E-state index contributed by atoms with van der Waals surface area (Å²) in [7, 11) is 3.16. The summed E-state index contributed by atoms with van der Waals surface area (Å²) in [6.45, 7) is 2.66. The van der Waals surface area contributed by atoms with Crippen LogP contribution in [0, 0.1) is 0 Å². The average molecular weight is 376 g/mol. The predicted molar refractivity (Wildman–Crippen MR) is 105 cm³/mol. The van der Waals surface area contributed by atoms with Gasteiger partial charge in [0.25, 0.3) is 0 Å². The maximum absolute atomic E-state index is 12.3. The second-order valence-electron chi connectivity index (χ2n) is 7.07. The minimum atomic E-state index is -0.0633. The number of amides is 2. The number of nitrogens with one attached hydrogen (secondary N) is 1. The van der Waals surface area contributed by atoms with Crippen molar-refractivity contribution in [1.82, 2.24) is 10.2 Å². The molecule has 2 amide bonds. The van der Waals surface area contributed by atoms with Crippen LogP contribution < -0.4 is 14.8 Å². The molecule has 1 fully saturated rings. The second kappa shape index (κ2) is 10.8. The number of nitrogens with zero attached hydrogens (tertiary/aromatic N) is 1. The molecule has 0 saturated heterocycles. The first-order valence-corrected chi connectivity index (χ1v) is 9.80. The highest BCUT2D eigenvalue weighted by atomic mass is 16.5. The van der Waals surface area contributed by atoms with Crippen molar-refractivity contribution in [2.75, 3.05) is 27.3 Å². The summed E-state index contributed by atoms with van der Waals surface area (Å²) >= 11 is 0. The van der Waals surface area contributed by atoms with Crippen molar-refractivity contribution in [2.24, 2.45) is 0 Å². The Morgan fingerprint density at radius 2 is 1.74 bits per heavy atom. The van der Waals surface area contributed by atoms with Crippen molar-refractivity contribution < 1.29 is 19.1 Å². The number of hydrogen-bond donors (Lipinski definition) is 1. The molecule has 6 nitrogen and oxygen atoms in total. The molecule has 6 heteroatoms. The van der Waals surface area contributed by atoms with E-state index in [4.69, 9.17) is 9.47 Å². The highest BCUT2D eigenvalue weighted by Crippen LogP contribution is 2.27. The van der Waals surface area contributed by atoms with Crippen molar-refractivity contribution in [1.29, 1.82) is 0 Å². The van der Waals surface area contributed by atoms with Crippen LogP contribution in [0.1, 0.15) is 51.0 Å². The fourth-order valence-electron chi connectivity index (χ4n) is 3.72. The number of benzene rings is 1. The van der Waals surface area contributed by atoms with Gasteiger partial charge in [-0.05, 0) is 30.5 Å². The van der Waals surface area contributed by atoms with E-state index in [2.05, 4.69) is 5.32 Å². The summed E-state index contributed by atoms with van der Waals surface area (Å²) in [4.78, 5) is 26.2. The Kier molecular flexibility index (Phi) is 8.43. The van der Waals surface area contributed by atoms with E-state index < -0.39 is 0 Å². The van der Waals surface area contributed by atoms with Gasteiger partial charge >= 0.3 is 0 Å². The van der Waals surface area contributed by atoms with E-state index >= 15 is 0 Å². The summed E-state index contributed by atoms with van der Waals surface area (Å²) in [6.07, 6.45) is 7.27. The SMILES string of the molecule is COc1ccc(CC(=O)NCCN(C(C)=O)C2CCCCCC2)cc1OC. The first-order chi connectivity index (χ1) is 13.0. The first-order valence-electron chi connectivity index (χ1n) is 9.80. The monoisotopic (exact) mass is 376 g/mol. The lowest BCUT2D eigenvalue weighted by Crippen LogP contribution is -2.43. The van der Waals surface area contributed by atoms with Crippen molar-refractivity contribution in [3.8, 4) is 11.5 Å². The molecular weight excluding hydrogens is 344 g/mol. The standard InChI is InChI=1S/C21H32N2O4/c1-16(24)23(18-8-6-4-5-7-9-18)13-12-22-21(25)15-17-10-11-19(26-2)20(14-17)27-3/h10-11,14,18H,4-9,12-13,15H2,1-3H3,(H,22,25). The van der Waals surface area contributed by atoms with E-state index in [0.29, 0.717) is 30.6 Å². The van der Waals surface area contributed by atoms with Crippen molar-refractivity contribution in [2.45, 2.75) is 57.9 Å². The van der Waals surface area contributed by atoms with Crippen LogP contribution in [0.2, 0.25) is 0 Å². The van der Waals surface area contributed by atoms with E-state index in [0.717, 1.165) is 18.4 Å². The van der Waals surface area contributed by atoms with Gasteiger partial charge in [0.1, 0.15) is 0 Å². The lowest BCUT2D eigenvalue weighted by Gasteiger charge is -2.30. The molecule has 1 saturated carbocycles. The molecular formula is C21H32N2O4. The predicted octanol–water partition coefficient (Wildman–Crippen LogP) is 2.93. The third-order valence-electron chi connectivity index (χ3n) is 5.16. The van der Waals surface area contributed by atoms with Gasteiger partial charge in [0.05, 0.1) is 20.6 Å². The lowest BCUT2D eigenvalue weighted by atomic mass is 10.1. The van der Waals surface area contributed by atoms with Gasteiger partial charge in [0.15, 0.2) is 11.5 Å². The van der Waals surface area contributed by atoms with Crippen LogP contribution in [0.15, 0.2) is 18.2 Å². The van der Waals surface area contributed by atoms with Crippen molar-refractivity contribution in [3.63, 3.8) is 0 Å². The third-order valence-corrected chi connectivity index (χ3v) is 5.16. The summed E-state index contributed by atoms with van der Waals surface area (Å²) < 4.78 is 10.5. The van der Waals surface area contributed by atoms with Crippen LogP contribution in [0.4, 0.5) is 0 Å². The Bertz CT molecular complexity index is 625. The molecule has 0 unspecified atom stereocenters. The fraction of sp³-hybridized carbons (Fsp3) is 0.619. The minimum Gasteiger partial charge on any atom is -0.493 e. The van der Waals surface area contributed by atoms with Crippen LogP contribution in [-0.4, -0.2) is 50.1 Å². The molecule has 1 aliphatic carbocycles. The molecule has 1 aromatic rings. The topological polar surface area (TPSA) is 67.9 Å². The maximum Gasteiger partial charge on any atom is 0.224 e. The molecule has 0 heterocycles. The third kappa shape index (κ3) is 6.45. The van der Waals surface area contributed by atoms with Crippen LogP contribution in [0.3, 0.4) is 0 Å². The van der Waals surface area contributed by atoms with Gasteiger partial charge in [0, 0.05) is 26.1 Å². The Morgan fingerprint density at radius 3 is 2.33 bits per heavy atom. The van der Waals surface area contributed by atoms with Crippen LogP contribution >= 0.6 is 0 Å². The quantitative estimate of drug-likeness (QED) is 0.709. The zero-order valence-corrected chi connectivity index (χ0v) is 16.8. The molecule has 0 radical (unpaired) electrons. The van der Waals surface area contributed by atoms with Gasteiger partial charge in [-0.3, -0.25) is 9.59 Å². The van der Waals surface area contributed by atoms with Gasteiger partial charge < -0.3 is 19.7 Å². The Morgan fingerprint density at radius 1 is 1.07 bits per heavy atom. The number of methoxy groups -OCH3 is 2. The second-order valence-corrected chi connectivity index (χ2v) is 7.07. The summed E-state index contributed by atoms with van der Waals surface area (Å²) in [5.74, 6) is 1.28. The summed E-state index contributed by atoms with van der Waals surface area (Å²) in [6, 6.07) is 5.78. The molecule has 27 heavy (non-hydrogen) atoms. The zero-order chi connectivity index (χ0) is 19.6. The Balaban J connectivity index is 1.84. The Labute approximate surface area is 162 Å². The number of hydrogen-bond acceptors (Lipinski definition) is 4. The lowest BCUT2D eigenvalue weighted by molar-refractivity contribution is -0.132. The zero-order valence-electron chi connectivity index (χ0n) is 16.8. The molecule has 0 aliphatic heterocycles. The van der Waals surface area contributed by atoms with E-state index in [9.17, 15) is 9.59 Å².